The number of hydrogen-bond acceptors (Lipinski definition) is 4. The van der Waals surface area contributed by atoms with Crippen molar-refractivity contribution in [3.63, 3.8) is 0 Å². The highest BCUT2D eigenvalue weighted by Crippen LogP contribution is 2.44. The molecule has 3 rings (SSSR count). The van der Waals surface area contributed by atoms with Crippen LogP contribution in [0.15, 0.2) is 23.8 Å². The second kappa shape index (κ2) is 5.76. The minimum absolute atomic E-state index is 0.277. The maximum Gasteiger partial charge on any atom is 0.342 e. The van der Waals surface area contributed by atoms with Gasteiger partial charge in [0.1, 0.15) is 29.3 Å². The fourth-order valence-corrected chi connectivity index (χ4v) is 3.03. The normalized spacial score (nSPS) is 21.1. The lowest BCUT2D eigenvalue weighted by atomic mass is 9.92. The molecule has 0 spiro atoms. The molecule has 1 aromatic rings. The molecule has 4 heteroatoms. The van der Waals surface area contributed by atoms with Gasteiger partial charge in [-0.1, -0.05) is 11.6 Å². The predicted octanol–water partition coefficient (Wildman–Crippen LogP) is 4.28. The molecular weight excluding hydrogens is 292 g/mol. The first kappa shape index (κ1) is 15.7. The van der Waals surface area contributed by atoms with Crippen LogP contribution in [0.4, 0.5) is 0 Å². The van der Waals surface area contributed by atoms with E-state index in [-0.39, 0.29) is 18.2 Å². The molecule has 0 bridgehead atoms. The van der Waals surface area contributed by atoms with E-state index in [9.17, 15) is 4.79 Å². The molecule has 2 heterocycles. The number of carbonyl (C=O) groups excluding carboxylic acids is 1. The van der Waals surface area contributed by atoms with Crippen LogP contribution in [0.3, 0.4) is 0 Å². The number of carbonyl (C=O) groups is 1. The third-order valence-corrected chi connectivity index (χ3v) is 4.27. The molecular formula is C19H22O4. The van der Waals surface area contributed by atoms with Gasteiger partial charge in [-0.15, -0.1) is 0 Å². The minimum Gasteiger partial charge on any atom is -0.495 e. The average molecular weight is 314 g/mol. The van der Waals surface area contributed by atoms with E-state index in [0.717, 1.165) is 29.7 Å². The van der Waals surface area contributed by atoms with Crippen LogP contribution in [0.1, 0.15) is 55.1 Å². The lowest BCUT2D eigenvalue weighted by Gasteiger charge is -2.32. The fourth-order valence-electron chi connectivity index (χ4n) is 3.03. The van der Waals surface area contributed by atoms with Crippen molar-refractivity contribution in [1.82, 2.24) is 0 Å². The maximum absolute atomic E-state index is 11.9. The molecule has 2 aliphatic rings. The van der Waals surface area contributed by atoms with Gasteiger partial charge in [-0.2, -0.15) is 0 Å². The summed E-state index contributed by atoms with van der Waals surface area (Å²) in [6, 6.07) is 1.90. The number of allylic oxidation sites excluding steroid dienone is 2. The van der Waals surface area contributed by atoms with E-state index in [4.69, 9.17) is 14.2 Å². The van der Waals surface area contributed by atoms with Gasteiger partial charge in [0, 0.05) is 5.56 Å². The molecule has 0 fully saturated rings. The molecule has 0 aromatic heterocycles. The second-order valence-electron chi connectivity index (χ2n) is 6.50. The SMILES string of the molecule is COc1c2c(cc3c1C(=O)OC3)OC(C)(CCC=C(C)C)C=C2. The number of fused-ring (bicyclic) bond motifs is 2. The van der Waals surface area contributed by atoms with Gasteiger partial charge < -0.3 is 14.2 Å². The maximum atomic E-state index is 11.9. The lowest BCUT2D eigenvalue weighted by molar-refractivity contribution is 0.0532. The molecule has 0 aliphatic carbocycles. The predicted molar refractivity (Wildman–Crippen MR) is 88.8 cm³/mol. The number of rotatable bonds is 4. The number of esters is 1. The summed E-state index contributed by atoms with van der Waals surface area (Å²) in [4.78, 5) is 11.9. The summed E-state index contributed by atoms with van der Waals surface area (Å²) in [5, 5.41) is 0. The quantitative estimate of drug-likeness (QED) is 0.615. The van der Waals surface area contributed by atoms with Crippen LogP contribution in [0.5, 0.6) is 11.5 Å². The highest BCUT2D eigenvalue weighted by Gasteiger charge is 2.34. The Balaban J connectivity index is 1.94. The van der Waals surface area contributed by atoms with Gasteiger partial charge in [0.15, 0.2) is 0 Å². The molecule has 0 amide bonds. The van der Waals surface area contributed by atoms with Crippen molar-refractivity contribution in [2.24, 2.45) is 0 Å². The van der Waals surface area contributed by atoms with E-state index in [1.54, 1.807) is 7.11 Å². The van der Waals surface area contributed by atoms with Gasteiger partial charge in [-0.05, 0) is 51.8 Å². The van der Waals surface area contributed by atoms with Crippen LogP contribution in [0.25, 0.3) is 6.08 Å². The van der Waals surface area contributed by atoms with Crippen molar-refractivity contribution in [2.75, 3.05) is 7.11 Å². The molecule has 4 nitrogen and oxygen atoms in total. The number of benzene rings is 1. The van der Waals surface area contributed by atoms with Crippen LogP contribution in [-0.4, -0.2) is 18.7 Å². The number of cyclic esters (lactones) is 1. The first-order chi connectivity index (χ1) is 10.9. The summed E-state index contributed by atoms with van der Waals surface area (Å²) < 4.78 is 16.8. The summed E-state index contributed by atoms with van der Waals surface area (Å²) >= 11 is 0. The third kappa shape index (κ3) is 2.85. The monoisotopic (exact) mass is 314 g/mol. The molecule has 122 valence electrons. The van der Waals surface area contributed by atoms with Gasteiger partial charge in [-0.25, -0.2) is 4.79 Å². The number of methoxy groups -OCH3 is 1. The summed E-state index contributed by atoms with van der Waals surface area (Å²) in [6.45, 7) is 6.55. The Hall–Kier alpha value is -2.23. The Morgan fingerprint density at radius 3 is 2.91 bits per heavy atom. The van der Waals surface area contributed by atoms with Gasteiger partial charge in [0.2, 0.25) is 0 Å². The van der Waals surface area contributed by atoms with E-state index in [2.05, 4.69) is 26.8 Å². The van der Waals surface area contributed by atoms with Crippen molar-refractivity contribution in [3.8, 4) is 11.5 Å². The molecule has 1 aromatic carbocycles. The van der Waals surface area contributed by atoms with E-state index in [0.29, 0.717) is 11.3 Å². The minimum atomic E-state index is -0.359. The molecule has 0 N–H and O–H groups in total. The van der Waals surface area contributed by atoms with Crippen LogP contribution in [0.2, 0.25) is 0 Å². The standard InChI is InChI=1S/C19H22O4/c1-12(2)6-5-8-19(3)9-7-14-15(23-19)10-13-11-22-18(20)16(13)17(14)21-4/h6-7,9-10H,5,8,11H2,1-4H3. The van der Waals surface area contributed by atoms with Crippen molar-refractivity contribution < 1.29 is 19.0 Å². The third-order valence-electron chi connectivity index (χ3n) is 4.27. The average Bonchev–Trinajstić information content (AvgIpc) is 2.85. The summed E-state index contributed by atoms with van der Waals surface area (Å²) in [6.07, 6.45) is 8.11. The molecule has 2 aliphatic heterocycles. The zero-order chi connectivity index (χ0) is 16.6. The van der Waals surface area contributed by atoms with Gasteiger partial charge >= 0.3 is 5.97 Å². The number of ether oxygens (including phenoxy) is 3. The van der Waals surface area contributed by atoms with Crippen LogP contribution >= 0.6 is 0 Å². The summed E-state index contributed by atoms with van der Waals surface area (Å²) in [5.74, 6) is 0.966. The van der Waals surface area contributed by atoms with E-state index >= 15 is 0 Å². The van der Waals surface area contributed by atoms with Gasteiger partial charge in [0.05, 0.1) is 12.7 Å². The van der Waals surface area contributed by atoms with Crippen LogP contribution in [-0.2, 0) is 11.3 Å². The van der Waals surface area contributed by atoms with E-state index in [1.807, 2.05) is 18.2 Å². The Labute approximate surface area is 136 Å². The van der Waals surface area contributed by atoms with E-state index < -0.39 is 0 Å². The molecule has 1 unspecified atom stereocenters. The highest BCUT2D eigenvalue weighted by molar-refractivity contribution is 5.98. The largest absolute Gasteiger partial charge is 0.495 e. The summed E-state index contributed by atoms with van der Waals surface area (Å²) in [5.41, 5.74) is 3.11. The molecule has 0 saturated carbocycles. The molecule has 0 radical (unpaired) electrons. The van der Waals surface area contributed by atoms with Crippen molar-refractivity contribution in [2.45, 2.75) is 45.8 Å². The topological polar surface area (TPSA) is 44.8 Å². The Morgan fingerprint density at radius 1 is 1.43 bits per heavy atom. The highest BCUT2D eigenvalue weighted by atomic mass is 16.5. The first-order valence-corrected chi connectivity index (χ1v) is 7.86. The fraction of sp³-hybridized carbons (Fsp3) is 0.421. The van der Waals surface area contributed by atoms with Crippen molar-refractivity contribution in [1.29, 1.82) is 0 Å². The summed E-state index contributed by atoms with van der Waals surface area (Å²) in [7, 11) is 1.57. The Kier molecular flexibility index (Phi) is 3.92. The van der Waals surface area contributed by atoms with Crippen LogP contribution in [0, 0.1) is 0 Å². The molecule has 23 heavy (non-hydrogen) atoms. The van der Waals surface area contributed by atoms with Crippen molar-refractivity contribution in [3.05, 3.63) is 40.5 Å². The van der Waals surface area contributed by atoms with Gasteiger partial charge in [-0.3, -0.25) is 0 Å². The number of hydrogen-bond donors (Lipinski definition) is 0. The zero-order valence-electron chi connectivity index (χ0n) is 14.1. The Bertz CT molecular complexity index is 711. The lowest BCUT2D eigenvalue weighted by Crippen LogP contribution is -2.32. The van der Waals surface area contributed by atoms with Gasteiger partial charge in [0.25, 0.3) is 0 Å². The smallest absolute Gasteiger partial charge is 0.342 e. The second-order valence-corrected chi connectivity index (χ2v) is 6.50. The van der Waals surface area contributed by atoms with Crippen molar-refractivity contribution >= 4 is 12.0 Å². The van der Waals surface area contributed by atoms with Crippen LogP contribution < -0.4 is 9.47 Å². The molecule has 0 saturated heterocycles. The molecule has 1 atom stereocenters. The Morgan fingerprint density at radius 2 is 2.22 bits per heavy atom. The first-order valence-electron chi connectivity index (χ1n) is 7.86. The zero-order valence-corrected chi connectivity index (χ0v) is 14.1. The van der Waals surface area contributed by atoms with E-state index in [1.165, 1.54) is 5.57 Å².